The Morgan fingerprint density at radius 3 is 2.65 bits per heavy atom. The lowest BCUT2D eigenvalue weighted by atomic mass is 10.0. The van der Waals surface area contributed by atoms with Crippen molar-refractivity contribution >= 4 is 26.0 Å². The highest BCUT2D eigenvalue weighted by Gasteiger charge is 2.41. The van der Waals surface area contributed by atoms with Gasteiger partial charge in [0.15, 0.2) is 0 Å². The van der Waals surface area contributed by atoms with Crippen LogP contribution in [0.15, 0.2) is 0 Å². The minimum absolute atomic E-state index is 0.0330. The van der Waals surface area contributed by atoms with Gasteiger partial charge in [-0.1, -0.05) is 32.6 Å². The van der Waals surface area contributed by atoms with Crippen molar-refractivity contribution in [2.75, 3.05) is 12.3 Å². The number of rotatable bonds is 7. The van der Waals surface area contributed by atoms with Crippen molar-refractivity contribution in [1.29, 1.82) is 0 Å². The van der Waals surface area contributed by atoms with Gasteiger partial charge in [-0.3, -0.25) is 4.79 Å². The van der Waals surface area contributed by atoms with Crippen LogP contribution in [0.1, 0.15) is 46.5 Å². The van der Waals surface area contributed by atoms with Gasteiger partial charge in [0.05, 0.1) is 0 Å². The summed E-state index contributed by atoms with van der Waals surface area (Å²) in [4.78, 5) is 12.5. The van der Waals surface area contributed by atoms with Gasteiger partial charge in [-0.25, -0.2) is 0 Å². The third-order valence-electron chi connectivity index (χ3n) is 3.86. The standard InChI is InChI=1S/C15H31NO2SSi/c1-6-7-8-9-12-20(4,5)18-14(17)13-15(2,3)19-11-10-16-13/h13,16H,6-12H2,1-5H3/t13-/m0/s1. The Kier molecular flexibility index (Phi) is 7.08. The molecule has 1 atom stereocenters. The maximum absolute atomic E-state index is 12.5. The fourth-order valence-electron chi connectivity index (χ4n) is 2.57. The fourth-order valence-corrected chi connectivity index (χ4v) is 5.53. The molecule has 0 aliphatic carbocycles. The lowest BCUT2D eigenvalue weighted by Crippen LogP contribution is -2.56. The molecule has 0 unspecified atom stereocenters. The smallest absolute Gasteiger partial charge is 0.311 e. The SMILES string of the molecule is CCCCCC[Si](C)(C)OC(=O)[C@@H]1NCCSC1(C)C. The molecule has 5 heteroatoms. The first-order chi connectivity index (χ1) is 9.28. The van der Waals surface area contributed by atoms with Gasteiger partial charge < -0.3 is 9.74 Å². The van der Waals surface area contributed by atoms with Crippen molar-refractivity contribution in [3.63, 3.8) is 0 Å². The summed E-state index contributed by atoms with van der Waals surface area (Å²) in [6, 6.07) is 0.919. The maximum atomic E-state index is 12.5. The summed E-state index contributed by atoms with van der Waals surface area (Å²) >= 11 is 1.86. The van der Waals surface area contributed by atoms with Crippen molar-refractivity contribution in [3.8, 4) is 0 Å². The van der Waals surface area contributed by atoms with Gasteiger partial charge >= 0.3 is 5.97 Å². The molecule has 1 saturated heterocycles. The molecule has 0 amide bonds. The van der Waals surface area contributed by atoms with Gasteiger partial charge in [0.1, 0.15) is 6.04 Å². The van der Waals surface area contributed by atoms with Gasteiger partial charge in [0.25, 0.3) is 0 Å². The van der Waals surface area contributed by atoms with E-state index in [1.807, 2.05) is 11.8 Å². The van der Waals surface area contributed by atoms with E-state index in [4.69, 9.17) is 4.43 Å². The van der Waals surface area contributed by atoms with Crippen LogP contribution in [0.5, 0.6) is 0 Å². The number of thioether (sulfide) groups is 1. The second kappa shape index (κ2) is 7.85. The topological polar surface area (TPSA) is 38.3 Å². The second-order valence-electron chi connectivity index (χ2n) is 6.83. The first-order valence-corrected chi connectivity index (χ1v) is 12.0. The Morgan fingerprint density at radius 2 is 2.05 bits per heavy atom. The summed E-state index contributed by atoms with van der Waals surface area (Å²) in [7, 11) is -1.86. The minimum Gasteiger partial charge on any atom is -0.518 e. The summed E-state index contributed by atoms with van der Waals surface area (Å²) in [5.74, 6) is 1.03. The van der Waals surface area contributed by atoms with Gasteiger partial charge in [-0.2, -0.15) is 11.8 Å². The molecule has 1 N–H and O–H groups in total. The highest BCUT2D eigenvalue weighted by atomic mass is 32.2. The maximum Gasteiger partial charge on any atom is 0.311 e. The normalized spacial score (nSPS) is 22.6. The second-order valence-corrected chi connectivity index (χ2v) is 12.8. The summed E-state index contributed by atoms with van der Waals surface area (Å²) in [6.45, 7) is 11.7. The number of carbonyl (C=O) groups is 1. The van der Waals surface area contributed by atoms with Crippen LogP contribution in [-0.4, -0.2) is 37.4 Å². The molecule has 1 fully saturated rings. The average Bonchev–Trinajstić information content (AvgIpc) is 2.33. The Balaban J connectivity index is 2.46. The van der Waals surface area contributed by atoms with Crippen molar-refractivity contribution in [2.45, 2.75) is 76.4 Å². The van der Waals surface area contributed by atoms with Crippen LogP contribution in [0.2, 0.25) is 19.1 Å². The average molecular weight is 318 g/mol. The molecule has 0 bridgehead atoms. The van der Waals surface area contributed by atoms with E-state index in [2.05, 4.69) is 39.2 Å². The molecule has 1 aliphatic rings. The largest absolute Gasteiger partial charge is 0.518 e. The number of carbonyl (C=O) groups excluding carboxylic acids is 1. The van der Waals surface area contributed by atoms with Gasteiger partial charge in [0, 0.05) is 17.0 Å². The van der Waals surface area contributed by atoms with Gasteiger partial charge in [-0.15, -0.1) is 0 Å². The van der Waals surface area contributed by atoms with Crippen LogP contribution in [0.25, 0.3) is 0 Å². The molecular weight excluding hydrogens is 286 g/mol. The number of nitrogens with one attached hydrogen (secondary N) is 1. The lowest BCUT2D eigenvalue weighted by molar-refractivity contribution is -0.138. The third-order valence-corrected chi connectivity index (χ3v) is 7.56. The Bertz CT molecular complexity index is 321. The predicted octanol–water partition coefficient (Wildman–Crippen LogP) is 3.80. The zero-order valence-electron chi connectivity index (χ0n) is 13.8. The quantitative estimate of drug-likeness (QED) is 0.572. The highest BCUT2D eigenvalue weighted by Crippen LogP contribution is 2.32. The van der Waals surface area contributed by atoms with Crippen LogP contribution in [0.4, 0.5) is 0 Å². The molecule has 0 aromatic carbocycles. The van der Waals surface area contributed by atoms with Crippen molar-refractivity contribution < 1.29 is 9.22 Å². The van der Waals surface area contributed by atoms with Crippen molar-refractivity contribution in [2.24, 2.45) is 0 Å². The molecule has 3 nitrogen and oxygen atoms in total. The highest BCUT2D eigenvalue weighted by molar-refractivity contribution is 8.00. The minimum atomic E-state index is -1.86. The molecule has 0 aromatic rings. The molecule has 0 radical (unpaired) electrons. The lowest BCUT2D eigenvalue weighted by Gasteiger charge is -2.38. The number of unbranched alkanes of at least 4 members (excludes halogenated alkanes) is 3. The van der Waals surface area contributed by atoms with E-state index in [1.54, 1.807) is 0 Å². The van der Waals surface area contributed by atoms with Crippen LogP contribution < -0.4 is 5.32 Å². The Morgan fingerprint density at radius 1 is 1.35 bits per heavy atom. The molecule has 118 valence electrons. The van der Waals surface area contributed by atoms with Crippen LogP contribution >= 0.6 is 11.8 Å². The summed E-state index contributed by atoms with van der Waals surface area (Å²) in [5, 5.41) is 3.33. The van der Waals surface area contributed by atoms with E-state index in [9.17, 15) is 4.79 Å². The Hall–Kier alpha value is -0.00312. The first-order valence-electron chi connectivity index (χ1n) is 7.89. The van der Waals surface area contributed by atoms with Crippen LogP contribution in [-0.2, 0) is 9.22 Å². The van der Waals surface area contributed by atoms with E-state index in [1.165, 1.54) is 25.7 Å². The number of hydrogen-bond donors (Lipinski definition) is 1. The molecule has 1 rings (SSSR count). The van der Waals surface area contributed by atoms with E-state index in [-0.39, 0.29) is 16.8 Å². The molecule has 20 heavy (non-hydrogen) atoms. The Labute approximate surface area is 129 Å². The van der Waals surface area contributed by atoms with Crippen LogP contribution in [0.3, 0.4) is 0 Å². The summed E-state index contributed by atoms with van der Waals surface area (Å²) < 4.78 is 5.85. The van der Waals surface area contributed by atoms with Crippen molar-refractivity contribution in [1.82, 2.24) is 5.32 Å². The molecular formula is C15H31NO2SSi. The van der Waals surface area contributed by atoms with Gasteiger partial charge in [-0.05, 0) is 33.0 Å². The molecule has 0 aromatic heterocycles. The van der Waals surface area contributed by atoms with Crippen molar-refractivity contribution in [3.05, 3.63) is 0 Å². The van der Waals surface area contributed by atoms with E-state index in [0.717, 1.165) is 18.3 Å². The molecule has 0 saturated carbocycles. The van der Waals surface area contributed by atoms with E-state index < -0.39 is 8.32 Å². The molecule has 0 spiro atoms. The number of hydrogen-bond acceptors (Lipinski definition) is 4. The zero-order valence-corrected chi connectivity index (χ0v) is 15.6. The predicted molar refractivity (Wildman–Crippen MR) is 90.9 cm³/mol. The fraction of sp³-hybridized carbons (Fsp3) is 0.933. The third kappa shape index (κ3) is 5.78. The van der Waals surface area contributed by atoms with Gasteiger partial charge in [0.2, 0.25) is 8.32 Å². The van der Waals surface area contributed by atoms with Crippen LogP contribution in [0, 0.1) is 0 Å². The van der Waals surface area contributed by atoms with E-state index in [0.29, 0.717) is 0 Å². The molecule has 1 heterocycles. The molecule has 1 aliphatic heterocycles. The zero-order chi connectivity index (χ0) is 15.2. The first kappa shape index (κ1) is 18.0. The monoisotopic (exact) mass is 317 g/mol. The summed E-state index contributed by atoms with van der Waals surface area (Å²) in [5.41, 5.74) is 0. The summed E-state index contributed by atoms with van der Waals surface area (Å²) in [6.07, 6.45) is 4.98. The van der Waals surface area contributed by atoms with E-state index >= 15 is 0 Å².